The van der Waals surface area contributed by atoms with E-state index in [-0.39, 0.29) is 6.10 Å². The van der Waals surface area contributed by atoms with Crippen molar-refractivity contribution in [2.75, 3.05) is 19.7 Å². The molecule has 0 spiro atoms. The first kappa shape index (κ1) is 13.1. The van der Waals surface area contributed by atoms with Gasteiger partial charge in [-0.1, -0.05) is 6.92 Å². The predicted octanol–water partition coefficient (Wildman–Crippen LogP) is 2.69. The Labute approximate surface area is 115 Å². The maximum absolute atomic E-state index is 6.08. The molecule has 19 heavy (non-hydrogen) atoms. The molecule has 2 atom stereocenters. The molecule has 2 fully saturated rings. The molecule has 0 radical (unpaired) electrons. The van der Waals surface area contributed by atoms with E-state index >= 15 is 0 Å². The fourth-order valence-corrected chi connectivity index (χ4v) is 3.04. The normalized spacial score (nSPS) is 27.6. The van der Waals surface area contributed by atoms with Gasteiger partial charge in [-0.05, 0) is 38.6 Å². The van der Waals surface area contributed by atoms with Gasteiger partial charge in [-0.25, -0.2) is 4.98 Å². The van der Waals surface area contributed by atoms with Crippen LogP contribution in [0, 0.1) is 5.92 Å². The molecule has 106 valence electrons. The molecule has 3 rings (SSSR count). The van der Waals surface area contributed by atoms with E-state index in [1.165, 1.54) is 37.8 Å². The largest absolute Gasteiger partial charge is 0.372 e. The van der Waals surface area contributed by atoms with E-state index in [0.717, 1.165) is 19.7 Å². The lowest BCUT2D eigenvalue weighted by Gasteiger charge is -2.32. The highest BCUT2D eigenvalue weighted by atomic mass is 16.5. The summed E-state index contributed by atoms with van der Waals surface area (Å²) in [6.07, 6.45) is 10.5. The van der Waals surface area contributed by atoms with Crippen molar-refractivity contribution in [3.05, 3.63) is 18.2 Å². The van der Waals surface area contributed by atoms with Gasteiger partial charge in [0.15, 0.2) is 0 Å². The lowest BCUT2D eigenvalue weighted by Crippen LogP contribution is -2.33. The number of hydrogen-bond acceptors (Lipinski definition) is 3. The minimum atomic E-state index is 0.237. The minimum Gasteiger partial charge on any atom is -0.372 e. The molecule has 1 aromatic heterocycles. The number of rotatable bonds is 6. The third kappa shape index (κ3) is 3.00. The Bertz CT molecular complexity index is 400. The van der Waals surface area contributed by atoms with Crippen molar-refractivity contribution in [2.45, 2.75) is 51.2 Å². The zero-order valence-corrected chi connectivity index (χ0v) is 11.8. The molecule has 2 unspecified atom stereocenters. The minimum absolute atomic E-state index is 0.237. The quantitative estimate of drug-likeness (QED) is 0.802. The molecule has 2 heterocycles. The van der Waals surface area contributed by atoms with E-state index in [1.54, 1.807) is 0 Å². The van der Waals surface area contributed by atoms with Crippen LogP contribution in [-0.4, -0.2) is 29.2 Å². The monoisotopic (exact) mass is 263 g/mol. The third-order valence-corrected chi connectivity index (χ3v) is 4.21. The lowest BCUT2D eigenvalue weighted by atomic mass is 9.92. The highest BCUT2D eigenvalue weighted by molar-refractivity contribution is 5.09. The fourth-order valence-electron chi connectivity index (χ4n) is 3.04. The fraction of sp³-hybridized carbons (Fsp3) is 0.800. The molecule has 1 saturated carbocycles. The second kappa shape index (κ2) is 6.06. The van der Waals surface area contributed by atoms with Crippen LogP contribution in [0.15, 0.2) is 12.5 Å². The molecule has 1 N–H and O–H groups in total. The van der Waals surface area contributed by atoms with Crippen LogP contribution < -0.4 is 5.32 Å². The van der Waals surface area contributed by atoms with Gasteiger partial charge in [-0.2, -0.15) is 0 Å². The number of imidazole rings is 1. The van der Waals surface area contributed by atoms with Crippen LogP contribution in [0.1, 0.15) is 56.9 Å². The van der Waals surface area contributed by atoms with Crippen LogP contribution >= 0.6 is 0 Å². The van der Waals surface area contributed by atoms with Gasteiger partial charge in [0.2, 0.25) is 0 Å². The Balaban J connectivity index is 1.70. The molecular formula is C15H25N3O. The SMILES string of the molecule is CCCNCC1CCCOC1c1cncn1C1CC1. The number of ether oxygens (including phenoxy) is 1. The summed E-state index contributed by atoms with van der Waals surface area (Å²) in [5.74, 6) is 0.592. The number of nitrogens with zero attached hydrogens (tertiary/aromatic N) is 2. The molecule has 4 heteroatoms. The average molecular weight is 263 g/mol. The maximum atomic E-state index is 6.08. The first-order valence-electron chi connectivity index (χ1n) is 7.74. The smallest absolute Gasteiger partial charge is 0.103 e. The zero-order valence-electron chi connectivity index (χ0n) is 11.8. The molecule has 0 bridgehead atoms. The Morgan fingerprint density at radius 2 is 2.32 bits per heavy atom. The Kier molecular flexibility index (Phi) is 4.18. The van der Waals surface area contributed by atoms with Gasteiger partial charge in [0, 0.05) is 25.1 Å². The van der Waals surface area contributed by atoms with Crippen molar-refractivity contribution in [1.82, 2.24) is 14.9 Å². The summed E-state index contributed by atoms with van der Waals surface area (Å²) in [4.78, 5) is 4.35. The molecule has 0 aromatic carbocycles. The highest BCUT2D eigenvalue weighted by Gasteiger charge is 2.33. The summed E-state index contributed by atoms with van der Waals surface area (Å²) in [5.41, 5.74) is 1.30. The molecule has 0 amide bonds. The van der Waals surface area contributed by atoms with Crippen LogP contribution in [0.3, 0.4) is 0 Å². The second-order valence-electron chi connectivity index (χ2n) is 5.85. The van der Waals surface area contributed by atoms with Crippen molar-refractivity contribution in [3.8, 4) is 0 Å². The van der Waals surface area contributed by atoms with Crippen LogP contribution in [0.25, 0.3) is 0 Å². The van der Waals surface area contributed by atoms with Gasteiger partial charge >= 0.3 is 0 Å². The first-order chi connectivity index (χ1) is 9.40. The van der Waals surface area contributed by atoms with Crippen molar-refractivity contribution in [1.29, 1.82) is 0 Å². The number of aromatic nitrogens is 2. The molecule has 1 aromatic rings. The van der Waals surface area contributed by atoms with E-state index in [2.05, 4.69) is 21.8 Å². The molecular weight excluding hydrogens is 238 g/mol. The van der Waals surface area contributed by atoms with Crippen molar-refractivity contribution < 1.29 is 4.74 Å². The molecule has 4 nitrogen and oxygen atoms in total. The van der Waals surface area contributed by atoms with E-state index < -0.39 is 0 Å². The van der Waals surface area contributed by atoms with E-state index in [0.29, 0.717) is 12.0 Å². The maximum Gasteiger partial charge on any atom is 0.103 e. The number of nitrogens with one attached hydrogen (secondary N) is 1. The summed E-state index contributed by atoms with van der Waals surface area (Å²) in [5, 5.41) is 3.55. The molecule has 2 aliphatic rings. The topological polar surface area (TPSA) is 39.1 Å². The number of hydrogen-bond donors (Lipinski definition) is 1. The van der Waals surface area contributed by atoms with Gasteiger partial charge < -0.3 is 14.6 Å². The van der Waals surface area contributed by atoms with Crippen LogP contribution in [0.2, 0.25) is 0 Å². The summed E-state index contributed by atoms with van der Waals surface area (Å²) in [7, 11) is 0. The Morgan fingerprint density at radius 1 is 1.42 bits per heavy atom. The Hall–Kier alpha value is -0.870. The van der Waals surface area contributed by atoms with Crippen molar-refractivity contribution >= 4 is 0 Å². The van der Waals surface area contributed by atoms with Crippen molar-refractivity contribution in [2.24, 2.45) is 5.92 Å². The molecule has 1 aliphatic carbocycles. The summed E-state index contributed by atoms with van der Waals surface area (Å²) in [6.45, 7) is 5.27. The van der Waals surface area contributed by atoms with Crippen LogP contribution in [-0.2, 0) is 4.74 Å². The van der Waals surface area contributed by atoms with Gasteiger partial charge in [0.1, 0.15) is 6.10 Å². The van der Waals surface area contributed by atoms with Crippen LogP contribution in [0.5, 0.6) is 0 Å². The van der Waals surface area contributed by atoms with E-state index in [4.69, 9.17) is 4.74 Å². The lowest BCUT2D eigenvalue weighted by molar-refractivity contribution is -0.0321. The van der Waals surface area contributed by atoms with Crippen molar-refractivity contribution in [3.63, 3.8) is 0 Å². The summed E-state index contributed by atoms with van der Waals surface area (Å²) in [6, 6.07) is 0.687. The second-order valence-corrected chi connectivity index (χ2v) is 5.85. The highest BCUT2D eigenvalue weighted by Crippen LogP contribution is 2.40. The van der Waals surface area contributed by atoms with Gasteiger partial charge in [0.05, 0.1) is 18.2 Å². The third-order valence-electron chi connectivity index (χ3n) is 4.21. The van der Waals surface area contributed by atoms with E-state index in [9.17, 15) is 0 Å². The standard InChI is InChI=1S/C15H25N3O/c1-2-7-16-9-12-4-3-8-19-15(12)14-10-17-11-18(14)13-5-6-13/h10-13,15-16H,2-9H2,1H3. The van der Waals surface area contributed by atoms with Gasteiger partial charge in [-0.3, -0.25) is 0 Å². The first-order valence-corrected chi connectivity index (χ1v) is 7.74. The predicted molar refractivity (Wildman–Crippen MR) is 75.1 cm³/mol. The summed E-state index contributed by atoms with van der Waals surface area (Å²) < 4.78 is 8.43. The van der Waals surface area contributed by atoms with Gasteiger partial charge in [-0.15, -0.1) is 0 Å². The molecule has 1 saturated heterocycles. The van der Waals surface area contributed by atoms with Gasteiger partial charge in [0.25, 0.3) is 0 Å². The summed E-state index contributed by atoms with van der Waals surface area (Å²) >= 11 is 0. The Morgan fingerprint density at radius 3 is 3.11 bits per heavy atom. The van der Waals surface area contributed by atoms with Crippen LogP contribution in [0.4, 0.5) is 0 Å². The van der Waals surface area contributed by atoms with E-state index in [1.807, 2.05) is 12.5 Å². The molecule has 1 aliphatic heterocycles. The zero-order chi connectivity index (χ0) is 13.1. The average Bonchev–Trinajstić information content (AvgIpc) is 3.17.